The van der Waals surface area contributed by atoms with E-state index in [2.05, 4.69) is 6.07 Å². The molecular weight excluding hydrogens is 174 g/mol. The fourth-order valence-electron chi connectivity index (χ4n) is 3.07. The van der Waals surface area contributed by atoms with Crippen LogP contribution in [0.3, 0.4) is 0 Å². The molecule has 3 rings (SSSR count). The molecule has 1 saturated carbocycles. The maximum Gasteiger partial charge on any atom is 0.119 e. The van der Waals surface area contributed by atoms with Crippen molar-refractivity contribution in [1.29, 1.82) is 0 Å². The van der Waals surface area contributed by atoms with Gasteiger partial charge in [-0.2, -0.15) is 0 Å². The largest absolute Gasteiger partial charge is 0.508 e. The molecule has 2 aliphatic rings. The lowest BCUT2D eigenvalue weighted by atomic mass is 9.63. The Labute approximate surface area is 83.7 Å². The van der Waals surface area contributed by atoms with Gasteiger partial charge in [-0.05, 0) is 36.5 Å². The Morgan fingerprint density at radius 2 is 2.14 bits per heavy atom. The second-order valence-electron chi connectivity index (χ2n) is 4.62. The number of hydrogen-bond acceptors (Lipinski definition) is 2. The van der Waals surface area contributed by atoms with Crippen molar-refractivity contribution in [1.82, 2.24) is 0 Å². The van der Waals surface area contributed by atoms with Crippen LogP contribution in [-0.2, 0) is 11.8 Å². The molecule has 0 bridgehead atoms. The highest BCUT2D eigenvalue weighted by atomic mass is 16.3. The maximum absolute atomic E-state index is 9.75. The van der Waals surface area contributed by atoms with Crippen LogP contribution in [-0.4, -0.2) is 11.1 Å². The summed E-state index contributed by atoms with van der Waals surface area (Å²) >= 11 is 0. The molecule has 2 heteroatoms. The van der Waals surface area contributed by atoms with E-state index in [-0.39, 0.29) is 11.5 Å². The molecular formula is C12H15NO. The smallest absolute Gasteiger partial charge is 0.119 e. The molecule has 2 aliphatic carbocycles. The van der Waals surface area contributed by atoms with Crippen molar-refractivity contribution >= 4 is 0 Å². The fourth-order valence-corrected chi connectivity index (χ4v) is 3.07. The molecule has 1 fully saturated rings. The van der Waals surface area contributed by atoms with E-state index >= 15 is 0 Å². The lowest BCUT2D eigenvalue weighted by molar-refractivity contribution is 0.213. The third-order valence-corrected chi connectivity index (χ3v) is 4.07. The van der Waals surface area contributed by atoms with E-state index in [1.807, 2.05) is 6.07 Å². The third kappa shape index (κ3) is 0.800. The predicted octanol–water partition coefficient (Wildman–Crippen LogP) is 1.70. The molecule has 1 spiro atoms. The molecule has 2 nitrogen and oxygen atoms in total. The Bertz CT molecular complexity index is 382. The van der Waals surface area contributed by atoms with Gasteiger partial charge in [-0.1, -0.05) is 18.6 Å². The molecule has 0 radical (unpaired) electrons. The minimum absolute atomic E-state index is 0.216. The van der Waals surface area contributed by atoms with Crippen molar-refractivity contribution < 1.29 is 5.11 Å². The van der Waals surface area contributed by atoms with E-state index in [1.165, 1.54) is 24.8 Å². The summed E-state index contributed by atoms with van der Waals surface area (Å²) in [5.74, 6) is 0.432. The van der Waals surface area contributed by atoms with Crippen molar-refractivity contribution in [2.45, 2.75) is 37.1 Å². The standard InChI is InChI=1S/C12H15NO/c13-11-7-8-9(3-1-4-10(8)14)12(11)5-2-6-12/h1,3-4,11,14H,2,5-7,13H2. The van der Waals surface area contributed by atoms with E-state index in [9.17, 15) is 5.11 Å². The SMILES string of the molecule is NC1Cc2c(O)cccc2C12CCC2. The fraction of sp³-hybridized carbons (Fsp3) is 0.500. The van der Waals surface area contributed by atoms with Gasteiger partial charge in [0.2, 0.25) is 0 Å². The Balaban J connectivity index is 2.18. The molecule has 0 aromatic heterocycles. The molecule has 1 aromatic rings. The number of aromatic hydroxyl groups is 1. The van der Waals surface area contributed by atoms with E-state index in [1.54, 1.807) is 6.07 Å². The summed E-state index contributed by atoms with van der Waals surface area (Å²) < 4.78 is 0. The van der Waals surface area contributed by atoms with Gasteiger partial charge in [0.15, 0.2) is 0 Å². The monoisotopic (exact) mass is 189 g/mol. The van der Waals surface area contributed by atoms with Crippen LogP contribution >= 0.6 is 0 Å². The number of nitrogens with two attached hydrogens (primary N) is 1. The minimum Gasteiger partial charge on any atom is -0.508 e. The molecule has 74 valence electrons. The second kappa shape index (κ2) is 2.51. The van der Waals surface area contributed by atoms with Crippen LogP contribution in [0.15, 0.2) is 18.2 Å². The van der Waals surface area contributed by atoms with Gasteiger partial charge >= 0.3 is 0 Å². The van der Waals surface area contributed by atoms with Gasteiger partial charge in [0.05, 0.1) is 0 Å². The van der Waals surface area contributed by atoms with Crippen LogP contribution in [0.1, 0.15) is 30.4 Å². The zero-order chi connectivity index (χ0) is 9.76. The number of phenols is 1. The van der Waals surface area contributed by atoms with Crippen LogP contribution in [0.4, 0.5) is 0 Å². The molecule has 14 heavy (non-hydrogen) atoms. The van der Waals surface area contributed by atoms with Crippen molar-refractivity contribution in [3.05, 3.63) is 29.3 Å². The molecule has 0 heterocycles. The van der Waals surface area contributed by atoms with Crippen LogP contribution in [0.25, 0.3) is 0 Å². The highest BCUT2D eigenvalue weighted by molar-refractivity contribution is 5.50. The van der Waals surface area contributed by atoms with E-state index in [0.717, 1.165) is 12.0 Å². The Morgan fingerprint density at radius 3 is 2.79 bits per heavy atom. The summed E-state index contributed by atoms with van der Waals surface area (Å²) in [7, 11) is 0. The maximum atomic E-state index is 9.75. The normalized spacial score (nSPS) is 27.4. The molecule has 0 aliphatic heterocycles. The molecule has 1 atom stereocenters. The first kappa shape index (κ1) is 8.30. The van der Waals surface area contributed by atoms with Crippen molar-refractivity contribution in [3.63, 3.8) is 0 Å². The third-order valence-electron chi connectivity index (χ3n) is 4.07. The number of phenolic OH excluding ortho intramolecular Hbond substituents is 1. The highest BCUT2D eigenvalue weighted by Gasteiger charge is 2.49. The minimum atomic E-state index is 0.216. The molecule has 0 amide bonds. The van der Waals surface area contributed by atoms with Gasteiger partial charge in [0, 0.05) is 11.5 Å². The summed E-state index contributed by atoms with van der Waals surface area (Å²) in [5.41, 5.74) is 8.81. The van der Waals surface area contributed by atoms with Gasteiger partial charge in [-0.15, -0.1) is 0 Å². The van der Waals surface area contributed by atoms with Crippen LogP contribution in [0.5, 0.6) is 5.75 Å². The van der Waals surface area contributed by atoms with Crippen LogP contribution in [0.2, 0.25) is 0 Å². The average Bonchev–Trinajstić information content (AvgIpc) is 2.38. The molecule has 1 aromatic carbocycles. The first-order valence-electron chi connectivity index (χ1n) is 5.31. The van der Waals surface area contributed by atoms with Gasteiger partial charge in [-0.25, -0.2) is 0 Å². The van der Waals surface area contributed by atoms with Crippen LogP contribution < -0.4 is 5.73 Å². The molecule has 3 N–H and O–H groups in total. The van der Waals surface area contributed by atoms with E-state index in [0.29, 0.717) is 5.75 Å². The Morgan fingerprint density at radius 1 is 1.36 bits per heavy atom. The Kier molecular flexibility index (Phi) is 1.49. The zero-order valence-corrected chi connectivity index (χ0v) is 8.16. The summed E-state index contributed by atoms with van der Waals surface area (Å²) in [6, 6.07) is 6.07. The average molecular weight is 189 g/mol. The van der Waals surface area contributed by atoms with E-state index < -0.39 is 0 Å². The first-order chi connectivity index (χ1) is 6.74. The summed E-state index contributed by atoms with van der Waals surface area (Å²) in [4.78, 5) is 0. The summed E-state index contributed by atoms with van der Waals surface area (Å²) in [6.07, 6.45) is 4.53. The van der Waals surface area contributed by atoms with E-state index in [4.69, 9.17) is 5.73 Å². The number of fused-ring (bicyclic) bond motifs is 2. The van der Waals surface area contributed by atoms with Crippen molar-refractivity contribution in [3.8, 4) is 5.75 Å². The highest BCUT2D eigenvalue weighted by Crippen LogP contribution is 2.53. The topological polar surface area (TPSA) is 46.2 Å². The second-order valence-corrected chi connectivity index (χ2v) is 4.62. The van der Waals surface area contributed by atoms with Gasteiger partial charge in [0.1, 0.15) is 5.75 Å². The lowest BCUT2D eigenvalue weighted by Gasteiger charge is -2.43. The quantitative estimate of drug-likeness (QED) is 0.652. The lowest BCUT2D eigenvalue weighted by Crippen LogP contribution is -2.47. The van der Waals surface area contributed by atoms with Gasteiger partial charge in [-0.3, -0.25) is 0 Å². The molecule has 0 saturated heterocycles. The van der Waals surface area contributed by atoms with Crippen molar-refractivity contribution in [2.75, 3.05) is 0 Å². The zero-order valence-electron chi connectivity index (χ0n) is 8.16. The molecule has 1 unspecified atom stereocenters. The number of hydrogen-bond donors (Lipinski definition) is 2. The van der Waals surface area contributed by atoms with Gasteiger partial charge in [0.25, 0.3) is 0 Å². The Hall–Kier alpha value is -1.02. The van der Waals surface area contributed by atoms with Gasteiger partial charge < -0.3 is 10.8 Å². The number of rotatable bonds is 0. The summed E-state index contributed by atoms with van der Waals surface area (Å²) in [5, 5.41) is 9.75. The van der Waals surface area contributed by atoms with Crippen LogP contribution in [0, 0.1) is 0 Å². The first-order valence-corrected chi connectivity index (χ1v) is 5.31. The predicted molar refractivity (Wildman–Crippen MR) is 55.3 cm³/mol. The summed E-state index contributed by atoms with van der Waals surface area (Å²) in [6.45, 7) is 0. The number of benzene rings is 1. The van der Waals surface area contributed by atoms with Crippen molar-refractivity contribution in [2.24, 2.45) is 5.73 Å².